The molecule has 3 aromatic rings. The molecule has 0 unspecified atom stereocenters. The van der Waals surface area contributed by atoms with Gasteiger partial charge in [-0.05, 0) is 34.0 Å². The topological polar surface area (TPSA) is 55.8 Å². The Hall–Kier alpha value is -3.18. The number of nitrogens with zero attached hydrogens (tertiary/aromatic N) is 1. The molecule has 5 heteroatoms. The van der Waals surface area contributed by atoms with Crippen molar-refractivity contribution in [2.75, 3.05) is 27.3 Å². The van der Waals surface area contributed by atoms with Crippen molar-refractivity contribution < 1.29 is 19.1 Å². The Morgan fingerprint density at radius 1 is 0.900 bits per heavy atom. The van der Waals surface area contributed by atoms with Crippen LogP contribution in [0.25, 0.3) is 10.8 Å². The fraction of sp³-hybridized carbons (Fsp3) is 0.280. The molecule has 0 radical (unpaired) electrons. The summed E-state index contributed by atoms with van der Waals surface area (Å²) in [6.07, 6.45) is 0. The molecule has 0 bridgehead atoms. The first-order valence-corrected chi connectivity index (χ1v) is 10.1. The summed E-state index contributed by atoms with van der Waals surface area (Å²) in [4.78, 5) is 27.5. The van der Waals surface area contributed by atoms with Crippen molar-refractivity contribution in [3.05, 3.63) is 83.4 Å². The molecule has 0 aromatic heterocycles. The first-order valence-electron chi connectivity index (χ1n) is 10.1. The second-order valence-corrected chi connectivity index (χ2v) is 7.69. The number of carbonyl (C=O) groups excluding carboxylic acids is 2. The lowest BCUT2D eigenvalue weighted by Gasteiger charge is -2.20. The summed E-state index contributed by atoms with van der Waals surface area (Å²) >= 11 is 0. The van der Waals surface area contributed by atoms with Crippen molar-refractivity contribution in [3.8, 4) is 0 Å². The van der Waals surface area contributed by atoms with Crippen LogP contribution in [0.5, 0.6) is 0 Å². The van der Waals surface area contributed by atoms with E-state index in [0.29, 0.717) is 18.7 Å². The van der Waals surface area contributed by atoms with E-state index in [1.807, 2.05) is 54.6 Å². The summed E-state index contributed by atoms with van der Waals surface area (Å²) in [5.74, 6) is -1.14. The average Bonchev–Trinajstić information content (AvgIpc) is 3.21. The van der Waals surface area contributed by atoms with E-state index in [9.17, 15) is 9.59 Å². The zero-order valence-corrected chi connectivity index (χ0v) is 17.2. The Morgan fingerprint density at radius 3 is 2.23 bits per heavy atom. The van der Waals surface area contributed by atoms with Crippen molar-refractivity contribution in [1.29, 1.82) is 0 Å². The van der Waals surface area contributed by atoms with Gasteiger partial charge >= 0.3 is 11.9 Å². The molecule has 1 aliphatic heterocycles. The van der Waals surface area contributed by atoms with Crippen molar-refractivity contribution >= 4 is 22.7 Å². The molecule has 0 amide bonds. The van der Waals surface area contributed by atoms with Gasteiger partial charge in [-0.3, -0.25) is 9.69 Å². The van der Waals surface area contributed by atoms with E-state index in [2.05, 4.69) is 17.0 Å². The van der Waals surface area contributed by atoms with Crippen molar-refractivity contribution in [1.82, 2.24) is 4.90 Å². The molecule has 2 atom stereocenters. The molecule has 1 saturated heterocycles. The van der Waals surface area contributed by atoms with Crippen LogP contribution in [0.15, 0.2) is 66.7 Å². The maximum Gasteiger partial charge on any atom is 0.338 e. The summed E-state index contributed by atoms with van der Waals surface area (Å²) in [7, 11) is 2.80. The summed E-state index contributed by atoms with van der Waals surface area (Å²) in [5, 5.41) is 2.00. The van der Waals surface area contributed by atoms with Gasteiger partial charge in [0.25, 0.3) is 0 Å². The van der Waals surface area contributed by atoms with Gasteiger partial charge in [-0.2, -0.15) is 0 Å². The molecule has 30 heavy (non-hydrogen) atoms. The smallest absolute Gasteiger partial charge is 0.338 e. The van der Waals surface area contributed by atoms with E-state index < -0.39 is 0 Å². The zero-order valence-electron chi connectivity index (χ0n) is 17.2. The van der Waals surface area contributed by atoms with Crippen LogP contribution in [0.1, 0.15) is 27.4 Å². The number of ether oxygens (including phenoxy) is 2. The van der Waals surface area contributed by atoms with Crippen LogP contribution in [-0.4, -0.2) is 44.1 Å². The molecule has 0 saturated carbocycles. The predicted octanol–water partition coefficient (Wildman–Crippen LogP) is 4.02. The maximum atomic E-state index is 12.6. The standard InChI is InChI=1S/C25H25NO4/c1-29-24(27)21-13-19-11-7-6-10-18(19)12-20(21)22-15-26(16-23(22)25(28)30-2)14-17-8-4-3-5-9-17/h3-13,22-23H,14-16H2,1-2H3/t22-,23+/m0/s1. The van der Waals surface area contributed by atoms with Gasteiger partial charge in [0, 0.05) is 25.6 Å². The number of rotatable bonds is 5. The third-order valence-corrected chi connectivity index (χ3v) is 5.87. The van der Waals surface area contributed by atoms with E-state index >= 15 is 0 Å². The molecule has 0 aliphatic carbocycles. The Labute approximate surface area is 176 Å². The fourth-order valence-electron chi connectivity index (χ4n) is 4.41. The number of fused-ring (bicyclic) bond motifs is 1. The molecular weight excluding hydrogens is 378 g/mol. The highest BCUT2D eigenvalue weighted by Crippen LogP contribution is 2.38. The van der Waals surface area contributed by atoms with Crippen molar-refractivity contribution in [3.63, 3.8) is 0 Å². The number of carbonyl (C=O) groups is 2. The zero-order chi connectivity index (χ0) is 21.1. The van der Waals surface area contributed by atoms with E-state index in [4.69, 9.17) is 9.47 Å². The number of hydrogen-bond acceptors (Lipinski definition) is 5. The van der Waals surface area contributed by atoms with E-state index in [0.717, 1.165) is 22.9 Å². The third-order valence-electron chi connectivity index (χ3n) is 5.87. The molecule has 3 aromatic carbocycles. The Kier molecular flexibility index (Phi) is 5.81. The van der Waals surface area contributed by atoms with Gasteiger partial charge in [0.1, 0.15) is 0 Å². The molecule has 5 nitrogen and oxygen atoms in total. The number of hydrogen-bond donors (Lipinski definition) is 0. The number of methoxy groups -OCH3 is 2. The largest absolute Gasteiger partial charge is 0.469 e. The van der Waals surface area contributed by atoms with E-state index in [1.54, 1.807) is 0 Å². The molecule has 1 fully saturated rings. The number of likely N-dealkylation sites (tertiary alicyclic amines) is 1. The molecule has 4 rings (SSSR count). The van der Waals surface area contributed by atoms with Crippen molar-refractivity contribution in [2.45, 2.75) is 12.5 Å². The average molecular weight is 403 g/mol. The van der Waals surface area contributed by atoms with Crippen LogP contribution in [0.3, 0.4) is 0 Å². The van der Waals surface area contributed by atoms with Gasteiger partial charge in [-0.15, -0.1) is 0 Å². The lowest BCUT2D eigenvalue weighted by atomic mass is 9.84. The van der Waals surface area contributed by atoms with Crippen LogP contribution < -0.4 is 0 Å². The van der Waals surface area contributed by atoms with Gasteiger partial charge in [0.15, 0.2) is 0 Å². The van der Waals surface area contributed by atoms with Crippen LogP contribution in [0.2, 0.25) is 0 Å². The summed E-state index contributed by atoms with van der Waals surface area (Å²) < 4.78 is 10.2. The highest BCUT2D eigenvalue weighted by Gasteiger charge is 2.41. The van der Waals surface area contributed by atoms with Gasteiger partial charge in [-0.1, -0.05) is 54.6 Å². The second kappa shape index (κ2) is 8.67. The summed E-state index contributed by atoms with van der Waals surface area (Å²) in [6.45, 7) is 1.99. The molecule has 0 N–H and O–H groups in total. The number of esters is 2. The minimum absolute atomic E-state index is 0.153. The quantitative estimate of drug-likeness (QED) is 0.603. The molecule has 154 valence electrons. The normalized spacial score (nSPS) is 19.0. The monoisotopic (exact) mass is 403 g/mol. The highest BCUT2D eigenvalue weighted by atomic mass is 16.5. The third kappa shape index (κ3) is 3.94. The minimum atomic E-state index is -0.388. The first kappa shape index (κ1) is 20.1. The van der Waals surface area contributed by atoms with Crippen LogP contribution in [0.4, 0.5) is 0 Å². The van der Waals surface area contributed by atoms with Crippen LogP contribution >= 0.6 is 0 Å². The van der Waals surface area contributed by atoms with E-state index in [-0.39, 0.29) is 23.8 Å². The SMILES string of the molecule is COC(=O)c1cc2ccccc2cc1[C@@H]1CN(Cc2ccccc2)C[C@H]1C(=O)OC. The lowest BCUT2D eigenvalue weighted by Crippen LogP contribution is -2.25. The Balaban J connectivity index is 1.74. The minimum Gasteiger partial charge on any atom is -0.469 e. The second-order valence-electron chi connectivity index (χ2n) is 7.69. The molecule has 1 heterocycles. The Bertz CT molecular complexity index is 1060. The molecule has 1 aliphatic rings. The van der Waals surface area contributed by atoms with Crippen LogP contribution in [0, 0.1) is 5.92 Å². The summed E-state index contributed by atoms with van der Waals surface area (Å²) in [6, 6.07) is 22.0. The van der Waals surface area contributed by atoms with E-state index in [1.165, 1.54) is 19.8 Å². The predicted molar refractivity (Wildman–Crippen MR) is 115 cm³/mol. The van der Waals surface area contributed by atoms with Gasteiger partial charge in [0.05, 0.1) is 25.7 Å². The fourth-order valence-corrected chi connectivity index (χ4v) is 4.41. The number of benzene rings is 3. The Morgan fingerprint density at radius 2 is 1.57 bits per heavy atom. The highest BCUT2D eigenvalue weighted by molar-refractivity contribution is 5.97. The van der Waals surface area contributed by atoms with Crippen LogP contribution in [-0.2, 0) is 20.8 Å². The lowest BCUT2D eigenvalue weighted by molar-refractivity contribution is -0.145. The first-order chi connectivity index (χ1) is 14.6. The van der Waals surface area contributed by atoms with Crippen molar-refractivity contribution in [2.24, 2.45) is 5.92 Å². The van der Waals surface area contributed by atoms with Gasteiger partial charge in [-0.25, -0.2) is 4.79 Å². The summed E-state index contributed by atoms with van der Waals surface area (Å²) in [5.41, 5.74) is 2.54. The van der Waals surface area contributed by atoms with Gasteiger partial charge in [0.2, 0.25) is 0 Å². The molecule has 0 spiro atoms. The molecular formula is C25H25NO4. The van der Waals surface area contributed by atoms with Gasteiger partial charge < -0.3 is 9.47 Å². The maximum absolute atomic E-state index is 12.6.